The van der Waals surface area contributed by atoms with E-state index in [-0.39, 0.29) is 12.4 Å². The summed E-state index contributed by atoms with van der Waals surface area (Å²) in [6.45, 7) is 4.96. The summed E-state index contributed by atoms with van der Waals surface area (Å²) in [5.41, 5.74) is 0. The maximum absolute atomic E-state index is 11.8. The molecule has 0 aromatic carbocycles. The molecule has 0 heterocycles. The monoisotopic (exact) mass is 243 g/mol. The average Bonchev–Trinajstić information content (AvgIpc) is 1.79. The summed E-state index contributed by atoms with van der Waals surface area (Å²) in [4.78, 5) is 0. The van der Waals surface area contributed by atoms with Crippen LogP contribution in [0.5, 0.6) is 0 Å². The van der Waals surface area contributed by atoms with Crippen molar-refractivity contribution in [3.05, 3.63) is 0 Å². The SMILES string of the molecule is CC(C)OP(C)(=O)CN(C)S(C)(=O)=O. The summed E-state index contributed by atoms with van der Waals surface area (Å²) in [5.74, 6) is 0. The second-order valence-electron chi connectivity index (χ2n) is 3.67. The fourth-order valence-corrected chi connectivity index (χ4v) is 4.10. The Hall–Kier alpha value is 0.100. The summed E-state index contributed by atoms with van der Waals surface area (Å²) >= 11 is 0. The van der Waals surface area contributed by atoms with Gasteiger partial charge in [-0.2, -0.15) is 4.31 Å². The molecule has 0 N–H and O–H groups in total. The van der Waals surface area contributed by atoms with Gasteiger partial charge in [0.25, 0.3) is 0 Å². The molecule has 1 unspecified atom stereocenters. The third-order valence-electron chi connectivity index (χ3n) is 1.46. The van der Waals surface area contributed by atoms with E-state index in [4.69, 9.17) is 4.52 Å². The number of sulfonamides is 1. The molecule has 86 valence electrons. The van der Waals surface area contributed by atoms with Gasteiger partial charge in [-0.1, -0.05) is 0 Å². The van der Waals surface area contributed by atoms with Crippen molar-refractivity contribution in [1.82, 2.24) is 4.31 Å². The van der Waals surface area contributed by atoms with E-state index in [1.165, 1.54) is 13.7 Å². The summed E-state index contributed by atoms with van der Waals surface area (Å²) in [5, 5.41) is 0. The van der Waals surface area contributed by atoms with Crippen molar-refractivity contribution < 1.29 is 17.5 Å². The van der Waals surface area contributed by atoms with Gasteiger partial charge in [-0.15, -0.1) is 0 Å². The van der Waals surface area contributed by atoms with Crippen molar-refractivity contribution in [3.8, 4) is 0 Å². The summed E-state index contributed by atoms with van der Waals surface area (Å²) in [6, 6.07) is 0. The van der Waals surface area contributed by atoms with Crippen LogP contribution >= 0.6 is 7.37 Å². The minimum absolute atomic E-state index is 0.0794. The van der Waals surface area contributed by atoms with E-state index in [0.29, 0.717) is 0 Å². The lowest BCUT2D eigenvalue weighted by Gasteiger charge is -2.21. The number of hydrogen-bond acceptors (Lipinski definition) is 4. The van der Waals surface area contributed by atoms with Crippen LogP contribution < -0.4 is 0 Å². The van der Waals surface area contributed by atoms with E-state index >= 15 is 0 Å². The Balaban J connectivity index is 4.45. The Morgan fingerprint density at radius 3 is 2.14 bits per heavy atom. The van der Waals surface area contributed by atoms with Gasteiger partial charge < -0.3 is 4.52 Å². The fourth-order valence-electron chi connectivity index (χ4n) is 0.946. The van der Waals surface area contributed by atoms with Gasteiger partial charge in [0, 0.05) is 13.7 Å². The van der Waals surface area contributed by atoms with Crippen molar-refractivity contribution in [2.75, 3.05) is 26.3 Å². The van der Waals surface area contributed by atoms with Crippen LogP contribution in [0.25, 0.3) is 0 Å². The Kier molecular flexibility index (Phi) is 4.78. The highest BCUT2D eigenvalue weighted by molar-refractivity contribution is 7.88. The molecule has 0 amide bonds. The van der Waals surface area contributed by atoms with Crippen LogP contribution in [-0.2, 0) is 19.1 Å². The second-order valence-corrected chi connectivity index (χ2v) is 8.28. The fraction of sp³-hybridized carbons (Fsp3) is 1.00. The molecule has 0 aliphatic rings. The molecule has 0 radical (unpaired) electrons. The zero-order valence-electron chi connectivity index (χ0n) is 9.22. The largest absolute Gasteiger partial charge is 0.325 e. The lowest BCUT2D eigenvalue weighted by Crippen LogP contribution is -2.27. The highest BCUT2D eigenvalue weighted by atomic mass is 32.2. The summed E-state index contributed by atoms with van der Waals surface area (Å²) in [7, 11) is -4.76. The van der Waals surface area contributed by atoms with Crippen molar-refractivity contribution in [1.29, 1.82) is 0 Å². The molecule has 7 heteroatoms. The van der Waals surface area contributed by atoms with Crippen molar-refractivity contribution in [2.24, 2.45) is 0 Å². The summed E-state index contributed by atoms with van der Waals surface area (Å²) in [6.07, 6.45) is 0.825. The van der Waals surface area contributed by atoms with Crippen LogP contribution in [0.1, 0.15) is 13.8 Å². The number of rotatable bonds is 5. The van der Waals surface area contributed by atoms with Gasteiger partial charge in [0.1, 0.15) is 0 Å². The molecule has 0 aliphatic heterocycles. The molecule has 0 saturated carbocycles. The maximum Gasteiger partial charge on any atom is 0.215 e. The van der Waals surface area contributed by atoms with E-state index < -0.39 is 17.4 Å². The topological polar surface area (TPSA) is 63.7 Å². The number of hydrogen-bond donors (Lipinski definition) is 0. The molecule has 14 heavy (non-hydrogen) atoms. The van der Waals surface area contributed by atoms with Gasteiger partial charge in [0.2, 0.25) is 17.4 Å². The minimum Gasteiger partial charge on any atom is -0.325 e. The van der Waals surface area contributed by atoms with E-state index in [9.17, 15) is 13.0 Å². The smallest absolute Gasteiger partial charge is 0.215 e. The van der Waals surface area contributed by atoms with Gasteiger partial charge in [0.15, 0.2) is 0 Å². The molecule has 0 aromatic rings. The quantitative estimate of drug-likeness (QED) is 0.680. The molecular formula is C7H18NO4PS. The Labute approximate surface area is 85.9 Å². The summed E-state index contributed by atoms with van der Waals surface area (Å²) < 4.78 is 40.0. The molecule has 1 atom stereocenters. The predicted molar refractivity (Wildman–Crippen MR) is 57.2 cm³/mol. The first-order valence-corrected chi connectivity index (χ1v) is 8.31. The number of nitrogens with zero attached hydrogens (tertiary/aromatic N) is 1. The molecule has 0 aliphatic carbocycles. The molecule has 0 rings (SSSR count). The second kappa shape index (κ2) is 4.75. The molecule has 0 spiro atoms. The van der Waals surface area contributed by atoms with E-state index in [2.05, 4.69) is 0 Å². The van der Waals surface area contributed by atoms with Gasteiger partial charge in [-0.05, 0) is 13.8 Å². The highest BCUT2D eigenvalue weighted by Crippen LogP contribution is 2.44. The minimum atomic E-state index is -3.29. The van der Waals surface area contributed by atoms with E-state index in [1.807, 2.05) is 0 Å². The normalized spacial score (nSPS) is 17.4. The van der Waals surface area contributed by atoms with E-state index in [1.54, 1.807) is 13.8 Å². The first-order valence-electron chi connectivity index (χ1n) is 4.21. The average molecular weight is 243 g/mol. The van der Waals surface area contributed by atoms with Gasteiger partial charge in [0.05, 0.1) is 18.6 Å². The van der Waals surface area contributed by atoms with Crippen molar-refractivity contribution >= 4 is 17.4 Å². The Bertz CT molecular complexity index is 325. The highest BCUT2D eigenvalue weighted by Gasteiger charge is 2.24. The van der Waals surface area contributed by atoms with Gasteiger partial charge in [-0.3, -0.25) is 4.57 Å². The van der Waals surface area contributed by atoms with E-state index in [0.717, 1.165) is 10.6 Å². The molecule has 0 bridgehead atoms. The first-order chi connectivity index (χ1) is 6.04. The van der Waals surface area contributed by atoms with Crippen molar-refractivity contribution in [2.45, 2.75) is 20.0 Å². The van der Waals surface area contributed by atoms with Crippen LogP contribution in [-0.4, -0.2) is 45.1 Å². The molecule has 0 aromatic heterocycles. The lowest BCUT2D eigenvalue weighted by molar-refractivity contribution is 0.242. The first kappa shape index (κ1) is 14.1. The Morgan fingerprint density at radius 2 is 1.86 bits per heavy atom. The Morgan fingerprint density at radius 1 is 1.43 bits per heavy atom. The van der Waals surface area contributed by atoms with Crippen LogP contribution in [0.2, 0.25) is 0 Å². The zero-order chi connectivity index (χ0) is 11.6. The van der Waals surface area contributed by atoms with Crippen LogP contribution in [0.15, 0.2) is 0 Å². The molecule has 0 saturated heterocycles. The molecule has 0 fully saturated rings. The van der Waals surface area contributed by atoms with Gasteiger partial charge >= 0.3 is 0 Å². The molecular weight excluding hydrogens is 225 g/mol. The van der Waals surface area contributed by atoms with Crippen LogP contribution in [0.4, 0.5) is 0 Å². The van der Waals surface area contributed by atoms with Crippen LogP contribution in [0.3, 0.4) is 0 Å². The maximum atomic E-state index is 11.8. The predicted octanol–water partition coefficient (Wildman–Crippen LogP) is 1.17. The lowest BCUT2D eigenvalue weighted by atomic mass is 10.5. The van der Waals surface area contributed by atoms with Gasteiger partial charge in [-0.25, -0.2) is 8.42 Å². The van der Waals surface area contributed by atoms with Crippen molar-refractivity contribution in [3.63, 3.8) is 0 Å². The molecule has 5 nitrogen and oxygen atoms in total. The third kappa shape index (κ3) is 5.75. The van der Waals surface area contributed by atoms with Crippen LogP contribution in [0, 0.1) is 0 Å². The third-order valence-corrected chi connectivity index (χ3v) is 4.71. The standard InChI is InChI=1S/C7H18NO4PS/c1-7(2)12-13(4,9)6-8(3)14(5,10)11/h7H,6H2,1-5H3. The zero-order valence-corrected chi connectivity index (χ0v) is 10.9.